The standard InChI is InChI=1S/C23H50O8Si4/c1-16(2)15-17(24)26-23-21(30-34(9,10)11)19(29-33(6,7)8)18(28-32(3,4)5)20(27-23)22(25)31-35(12,13)14/h16,18-21,23H,15H2,1-14H3. The van der Waals surface area contributed by atoms with Gasteiger partial charge in [-0.2, -0.15) is 0 Å². The van der Waals surface area contributed by atoms with Crippen molar-refractivity contribution in [3.63, 3.8) is 0 Å². The highest BCUT2D eigenvalue weighted by atomic mass is 28.4. The largest absolute Gasteiger partial charge is 0.518 e. The maximum Gasteiger partial charge on any atom is 0.324 e. The van der Waals surface area contributed by atoms with Crippen LogP contribution in [0.5, 0.6) is 0 Å². The molecule has 0 N–H and O–H groups in total. The van der Waals surface area contributed by atoms with E-state index in [1.807, 2.05) is 33.5 Å². The quantitative estimate of drug-likeness (QED) is 0.245. The maximum absolute atomic E-state index is 13.4. The molecule has 0 saturated carbocycles. The first-order chi connectivity index (χ1) is 15.5. The molecule has 206 valence electrons. The van der Waals surface area contributed by atoms with Crippen molar-refractivity contribution in [2.75, 3.05) is 0 Å². The summed E-state index contributed by atoms with van der Waals surface area (Å²) in [4.78, 5) is 26.2. The van der Waals surface area contributed by atoms with E-state index in [1.54, 1.807) is 0 Å². The summed E-state index contributed by atoms with van der Waals surface area (Å²) in [5.41, 5.74) is 0. The molecule has 35 heavy (non-hydrogen) atoms. The van der Waals surface area contributed by atoms with E-state index >= 15 is 0 Å². The topological polar surface area (TPSA) is 89.5 Å². The smallest absolute Gasteiger partial charge is 0.324 e. The lowest BCUT2D eigenvalue weighted by molar-refractivity contribution is -0.277. The van der Waals surface area contributed by atoms with E-state index in [4.69, 9.17) is 27.2 Å². The molecular formula is C23H50O8Si4. The minimum atomic E-state index is -2.23. The fourth-order valence-corrected chi connectivity index (χ4v) is 7.52. The number of carbonyl (C=O) groups excluding carboxylic acids is 2. The van der Waals surface area contributed by atoms with Crippen molar-refractivity contribution in [1.82, 2.24) is 0 Å². The summed E-state index contributed by atoms with van der Waals surface area (Å²) in [5.74, 6) is -0.789. The predicted molar refractivity (Wildman–Crippen MR) is 148 cm³/mol. The van der Waals surface area contributed by atoms with Crippen molar-refractivity contribution in [1.29, 1.82) is 0 Å². The van der Waals surface area contributed by atoms with Gasteiger partial charge in [-0.05, 0) is 84.5 Å². The van der Waals surface area contributed by atoms with Gasteiger partial charge in [-0.1, -0.05) is 13.8 Å². The van der Waals surface area contributed by atoms with Crippen LogP contribution < -0.4 is 0 Å². The summed E-state index contributed by atoms with van der Waals surface area (Å²) in [5, 5.41) is 0. The van der Waals surface area contributed by atoms with E-state index < -0.39 is 75.9 Å². The van der Waals surface area contributed by atoms with Gasteiger partial charge in [0.05, 0.1) is 0 Å². The number of carbonyl (C=O) groups is 2. The summed E-state index contributed by atoms with van der Waals surface area (Å²) in [7, 11) is -8.70. The third-order valence-electron chi connectivity index (χ3n) is 4.43. The van der Waals surface area contributed by atoms with Gasteiger partial charge in [0.2, 0.25) is 14.6 Å². The maximum atomic E-state index is 13.4. The van der Waals surface area contributed by atoms with Gasteiger partial charge in [0.1, 0.15) is 18.3 Å². The molecule has 0 radical (unpaired) electrons. The number of rotatable bonds is 11. The van der Waals surface area contributed by atoms with Gasteiger partial charge in [0, 0.05) is 6.42 Å². The number of hydrogen-bond donors (Lipinski definition) is 0. The summed E-state index contributed by atoms with van der Waals surface area (Å²) >= 11 is 0. The second kappa shape index (κ2) is 12.0. The van der Waals surface area contributed by atoms with Crippen molar-refractivity contribution in [3.05, 3.63) is 0 Å². The van der Waals surface area contributed by atoms with Crippen LogP contribution >= 0.6 is 0 Å². The highest BCUT2D eigenvalue weighted by Crippen LogP contribution is 2.35. The number of ether oxygens (including phenoxy) is 2. The Labute approximate surface area is 217 Å². The Hall–Kier alpha value is -0.352. The van der Waals surface area contributed by atoms with Crippen LogP contribution in [0, 0.1) is 5.92 Å². The van der Waals surface area contributed by atoms with Crippen molar-refractivity contribution in [3.8, 4) is 0 Å². The van der Waals surface area contributed by atoms with Crippen LogP contribution in [0.2, 0.25) is 78.6 Å². The SMILES string of the molecule is CC(C)CC(=O)OC1OC(C(=O)O[Si](C)(C)C)C(O[Si](C)(C)C)C(O[Si](C)(C)C)C1O[Si](C)(C)C. The third-order valence-corrected chi connectivity index (χ3v) is 8.18. The van der Waals surface area contributed by atoms with E-state index in [2.05, 4.69) is 58.9 Å². The van der Waals surface area contributed by atoms with Crippen molar-refractivity contribution >= 4 is 45.2 Å². The first-order valence-corrected chi connectivity index (χ1v) is 26.2. The molecule has 1 fully saturated rings. The average Bonchev–Trinajstić information content (AvgIpc) is 2.54. The minimum absolute atomic E-state index is 0.118. The van der Waals surface area contributed by atoms with Crippen LogP contribution in [0.4, 0.5) is 0 Å². The van der Waals surface area contributed by atoms with Gasteiger partial charge < -0.3 is 27.2 Å². The molecule has 0 aromatic carbocycles. The Balaban J connectivity index is 3.61. The number of esters is 1. The van der Waals surface area contributed by atoms with Crippen LogP contribution in [0.15, 0.2) is 0 Å². The molecule has 0 spiro atoms. The molecule has 0 aromatic heterocycles. The lowest BCUT2D eigenvalue weighted by Gasteiger charge is -2.49. The second-order valence-electron chi connectivity index (χ2n) is 13.6. The summed E-state index contributed by atoms with van der Waals surface area (Å²) < 4.78 is 37.7. The molecule has 0 aromatic rings. The molecule has 5 unspecified atom stereocenters. The first-order valence-electron chi connectivity index (χ1n) is 12.6. The van der Waals surface area contributed by atoms with Crippen LogP contribution in [0.3, 0.4) is 0 Å². The zero-order chi connectivity index (χ0) is 27.6. The summed E-state index contributed by atoms with van der Waals surface area (Å²) in [6, 6.07) is 0. The predicted octanol–water partition coefficient (Wildman–Crippen LogP) is 5.34. The summed E-state index contributed by atoms with van der Waals surface area (Å²) in [6.07, 6.45) is -4.06. The van der Waals surface area contributed by atoms with Crippen molar-refractivity contribution < 1.29 is 36.8 Å². The zero-order valence-corrected chi connectivity index (χ0v) is 28.4. The Kier molecular flexibility index (Phi) is 11.2. The minimum Gasteiger partial charge on any atom is -0.518 e. The Bertz CT molecular complexity index is 719. The lowest BCUT2D eigenvalue weighted by Crippen LogP contribution is -2.67. The van der Waals surface area contributed by atoms with Gasteiger partial charge in [0.25, 0.3) is 0 Å². The van der Waals surface area contributed by atoms with Gasteiger partial charge in [-0.15, -0.1) is 0 Å². The molecule has 1 saturated heterocycles. The molecule has 0 aliphatic carbocycles. The van der Waals surface area contributed by atoms with E-state index in [1.165, 1.54) is 0 Å². The lowest BCUT2D eigenvalue weighted by atomic mass is 9.99. The second-order valence-corrected chi connectivity index (χ2v) is 31.4. The molecule has 1 rings (SSSR count). The molecule has 1 aliphatic heterocycles. The molecule has 8 nitrogen and oxygen atoms in total. The molecule has 1 heterocycles. The first kappa shape index (κ1) is 32.7. The van der Waals surface area contributed by atoms with Crippen LogP contribution in [-0.2, 0) is 36.8 Å². The molecule has 5 atom stereocenters. The van der Waals surface area contributed by atoms with Gasteiger partial charge in [-0.25, -0.2) is 0 Å². The van der Waals surface area contributed by atoms with Crippen LogP contribution in [-0.4, -0.2) is 75.9 Å². The molecule has 0 amide bonds. The van der Waals surface area contributed by atoms with E-state index in [0.717, 1.165) is 0 Å². The Morgan fingerprint density at radius 3 is 1.51 bits per heavy atom. The zero-order valence-electron chi connectivity index (χ0n) is 24.4. The monoisotopic (exact) mass is 566 g/mol. The van der Waals surface area contributed by atoms with Crippen molar-refractivity contribution in [2.24, 2.45) is 5.92 Å². The fourth-order valence-electron chi connectivity index (χ4n) is 3.58. The molecule has 0 bridgehead atoms. The van der Waals surface area contributed by atoms with Crippen molar-refractivity contribution in [2.45, 2.75) is 130 Å². The van der Waals surface area contributed by atoms with Gasteiger partial charge in [0.15, 0.2) is 31.1 Å². The molecular weight excluding hydrogens is 517 g/mol. The van der Waals surface area contributed by atoms with Gasteiger partial charge in [-0.3, -0.25) is 9.59 Å². The van der Waals surface area contributed by atoms with Crippen LogP contribution in [0.1, 0.15) is 20.3 Å². The van der Waals surface area contributed by atoms with E-state index in [-0.39, 0.29) is 12.3 Å². The van der Waals surface area contributed by atoms with E-state index in [0.29, 0.717) is 0 Å². The van der Waals surface area contributed by atoms with Crippen LogP contribution in [0.25, 0.3) is 0 Å². The Morgan fingerprint density at radius 1 is 0.686 bits per heavy atom. The highest BCUT2D eigenvalue weighted by molar-refractivity contribution is 6.71. The normalized spacial score (nSPS) is 26.5. The molecule has 12 heteroatoms. The van der Waals surface area contributed by atoms with Gasteiger partial charge >= 0.3 is 11.9 Å². The van der Waals surface area contributed by atoms with E-state index in [9.17, 15) is 9.59 Å². The molecule has 1 aliphatic rings. The number of hydrogen-bond acceptors (Lipinski definition) is 8. The highest BCUT2D eigenvalue weighted by Gasteiger charge is 2.55. The Morgan fingerprint density at radius 2 is 1.11 bits per heavy atom. The average molecular weight is 567 g/mol. The third kappa shape index (κ3) is 12.6. The fraction of sp³-hybridized carbons (Fsp3) is 0.913. The summed E-state index contributed by atoms with van der Waals surface area (Å²) in [6.45, 7) is 28.3.